The van der Waals surface area contributed by atoms with E-state index in [9.17, 15) is 0 Å². The maximum atomic E-state index is 9.01. The molecule has 17 heteroatoms. The Morgan fingerprint density at radius 1 is 0.444 bits per heavy atom. The van der Waals surface area contributed by atoms with E-state index in [2.05, 4.69) is 0 Å². The molecule has 27 heavy (non-hydrogen) atoms. The zero-order valence-electron chi connectivity index (χ0n) is 13.9. The van der Waals surface area contributed by atoms with Gasteiger partial charge in [0.1, 0.15) is 0 Å². The van der Waals surface area contributed by atoms with Crippen molar-refractivity contribution in [2.45, 2.75) is 0 Å². The Hall–Kier alpha value is -0.331. The van der Waals surface area contributed by atoms with Gasteiger partial charge in [0.05, 0.1) is 62.9 Å². The van der Waals surface area contributed by atoms with Gasteiger partial charge in [0.25, 0.3) is 0 Å². The number of carbonyl (C=O) groups excluding carboxylic acids is 5. The number of aliphatic hydroxyl groups excluding tert-OH is 5. The van der Waals surface area contributed by atoms with Crippen LogP contribution in [0.5, 0.6) is 0 Å². The van der Waals surface area contributed by atoms with Gasteiger partial charge < -0.3 is 75.0 Å². The summed E-state index contributed by atoms with van der Waals surface area (Å²) in [6.45, 7) is -4.44. The molecule has 0 saturated heterocycles. The number of hydrogen-bond acceptors (Lipinski definition) is 15. The maximum Gasteiger partial charge on any atom is 4.00 e. The first-order valence-electron chi connectivity index (χ1n) is 5.39. The van der Waals surface area contributed by atoms with Gasteiger partial charge in [0, 0.05) is 0 Å². The summed E-state index contributed by atoms with van der Waals surface area (Å²) in [5.41, 5.74) is 0. The van der Waals surface area contributed by atoms with Crippen LogP contribution in [-0.4, -0.2) is 88.4 Å². The third-order valence-electron chi connectivity index (χ3n) is 0.645. The van der Waals surface area contributed by atoms with Crippen molar-refractivity contribution in [1.29, 1.82) is 0 Å². The molecule has 0 saturated carbocycles. The van der Waals surface area contributed by atoms with Gasteiger partial charge in [-0.25, -0.2) is 0 Å². The molecule has 0 aromatic rings. The van der Waals surface area contributed by atoms with E-state index in [0.29, 0.717) is 0 Å². The van der Waals surface area contributed by atoms with Gasteiger partial charge in [0.2, 0.25) is 0 Å². The van der Waals surface area contributed by atoms with Crippen LogP contribution in [0.15, 0.2) is 0 Å². The summed E-state index contributed by atoms with van der Waals surface area (Å²) >= 11 is 0. The standard InChI is InChI=1S/5C2H4O3.K.Zr/c5*3-1-2(4)5;;/h5*3H,1H2,(H,4,5);;/q;;;;;+1;+4/p-5. The molecule has 0 spiro atoms. The van der Waals surface area contributed by atoms with Crippen LogP contribution in [-0.2, 0) is 50.2 Å². The van der Waals surface area contributed by atoms with Crippen LogP contribution in [0.2, 0.25) is 0 Å². The fraction of sp³-hybridized carbons (Fsp3) is 0.500. The molecule has 5 N–H and O–H groups in total. The van der Waals surface area contributed by atoms with Crippen molar-refractivity contribution in [1.82, 2.24) is 0 Å². The van der Waals surface area contributed by atoms with E-state index < -0.39 is 62.9 Å². The van der Waals surface area contributed by atoms with E-state index in [1.165, 1.54) is 0 Å². The topological polar surface area (TPSA) is 302 Å². The van der Waals surface area contributed by atoms with Crippen molar-refractivity contribution in [3.8, 4) is 0 Å². The molecule has 0 amide bonds. The first-order valence-corrected chi connectivity index (χ1v) is 5.39. The summed E-state index contributed by atoms with van der Waals surface area (Å²) in [6.07, 6.45) is 0. The van der Waals surface area contributed by atoms with Crippen LogP contribution in [0.4, 0.5) is 0 Å². The number of carboxylic acid groups (broad SMARTS) is 5. The first-order chi connectivity index (χ1) is 11.4. The maximum absolute atomic E-state index is 9.01. The Kier molecular flexibility index (Phi) is 67.9. The number of rotatable bonds is 5. The Labute approximate surface area is 213 Å². The summed E-state index contributed by atoms with van der Waals surface area (Å²) in [4.78, 5) is 45.0. The second-order valence-electron chi connectivity index (χ2n) is 2.65. The largest absolute Gasteiger partial charge is 4.00 e. The van der Waals surface area contributed by atoms with Crippen molar-refractivity contribution in [3.63, 3.8) is 0 Å². The SMILES string of the molecule is O=C([O-])CO.O=C([O-])CO.O=C([O-])CO.O=C([O-])CO.O=C([O-])CO.[K+].[Zr+4]. The summed E-state index contributed by atoms with van der Waals surface area (Å²) < 4.78 is 0. The molecule has 0 radical (unpaired) electrons. The van der Waals surface area contributed by atoms with Crippen molar-refractivity contribution in [2.24, 2.45) is 0 Å². The number of aliphatic carboxylic acids is 5. The molecule has 0 aliphatic rings. The van der Waals surface area contributed by atoms with Crippen LogP contribution in [0.25, 0.3) is 0 Å². The fourth-order valence-electron chi connectivity index (χ4n) is 0. The number of carbonyl (C=O) groups is 5. The zero-order valence-corrected chi connectivity index (χ0v) is 19.4. The number of hydrogen-bond donors (Lipinski definition) is 5. The molecule has 0 rings (SSSR count). The van der Waals surface area contributed by atoms with Crippen molar-refractivity contribution < 1.29 is 153 Å². The number of carboxylic acids is 5. The van der Waals surface area contributed by atoms with Gasteiger partial charge in [-0.3, -0.25) is 0 Å². The van der Waals surface area contributed by atoms with E-state index in [4.69, 9.17) is 75.0 Å². The Morgan fingerprint density at radius 3 is 0.481 bits per heavy atom. The third-order valence-corrected chi connectivity index (χ3v) is 0.645. The molecule has 0 unspecified atom stereocenters. The van der Waals surface area contributed by atoms with Crippen LogP contribution in [0.3, 0.4) is 0 Å². The monoisotopic (exact) mass is 504 g/mol. The first kappa shape index (κ1) is 45.4. The molecule has 15 nitrogen and oxygen atoms in total. The van der Waals surface area contributed by atoms with Gasteiger partial charge in [-0.2, -0.15) is 0 Å². The summed E-state index contributed by atoms with van der Waals surface area (Å²) in [5.74, 6) is -7.20. The molecule has 0 aliphatic heterocycles. The molecule has 0 bridgehead atoms. The Bertz CT molecular complexity index is 294. The van der Waals surface area contributed by atoms with Crippen LogP contribution >= 0.6 is 0 Å². The minimum absolute atomic E-state index is 0. The van der Waals surface area contributed by atoms with E-state index in [1.807, 2.05) is 0 Å². The molecule has 0 aromatic carbocycles. The van der Waals surface area contributed by atoms with Gasteiger partial charge in [-0.05, 0) is 0 Å². The zero-order chi connectivity index (χ0) is 21.4. The van der Waals surface area contributed by atoms with Crippen LogP contribution < -0.4 is 76.9 Å². The minimum Gasteiger partial charge on any atom is -0.548 e. The minimum atomic E-state index is -1.44. The molecule has 0 heterocycles. The van der Waals surface area contributed by atoms with Gasteiger partial charge in [0.15, 0.2) is 0 Å². The van der Waals surface area contributed by atoms with Crippen molar-refractivity contribution >= 4 is 29.8 Å². The normalized spacial score (nSPS) is 6.85. The second kappa shape index (κ2) is 40.4. The third kappa shape index (κ3) is 154. The Morgan fingerprint density at radius 2 is 0.481 bits per heavy atom. The van der Waals surface area contributed by atoms with Crippen molar-refractivity contribution in [2.75, 3.05) is 33.0 Å². The summed E-state index contributed by atoms with van der Waals surface area (Å²) in [7, 11) is 0. The predicted octanol–water partition coefficient (Wildman–Crippen LogP) is -14.4. The number of aliphatic hydroxyl groups is 5. The summed E-state index contributed by atoms with van der Waals surface area (Å²) in [5, 5.41) is 82.4. The molecule has 0 aliphatic carbocycles. The van der Waals surface area contributed by atoms with Gasteiger partial charge >= 0.3 is 77.6 Å². The van der Waals surface area contributed by atoms with Crippen LogP contribution in [0.1, 0.15) is 0 Å². The van der Waals surface area contributed by atoms with Gasteiger partial charge in [-0.1, -0.05) is 0 Å². The molecule has 0 aromatic heterocycles. The second-order valence-corrected chi connectivity index (χ2v) is 2.65. The van der Waals surface area contributed by atoms with E-state index in [1.54, 1.807) is 0 Å². The molecule has 150 valence electrons. The van der Waals surface area contributed by atoms with E-state index in [-0.39, 0.29) is 77.6 Å². The molecular weight excluding hydrogens is 490 g/mol. The quantitative estimate of drug-likeness (QED) is 0.216. The molecule has 0 atom stereocenters. The Balaban J connectivity index is -0.0000000364. The van der Waals surface area contributed by atoms with Gasteiger partial charge in [-0.15, -0.1) is 0 Å². The molecular formula is C10H15KO15Zr. The molecule has 0 fully saturated rings. The van der Waals surface area contributed by atoms with E-state index >= 15 is 0 Å². The van der Waals surface area contributed by atoms with Crippen LogP contribution in [0, 0.1) is 0 Å². The average molecular weight is 506 g/mol. The summed E-state index contributed by atoms with van der Waals surface area (Å²) in [6, 6.07) is 0. The predicted molar refractivity (Wildman–Crippen MR) is 60.5 cm³/mol. The average Bonchev–Trinajstić information content (AvgIpc) is 2.56. The fourth-order valence-corrected chi connectivity index (χ4v) is 0. The smallest absolute Gasteiger partial charge is 0.548 e. The van der Waals surface area contributed by atoms with Crippen molar-refractivity contribution in [3.05, 3.63) is 0 Å². The van der Waals surface area contributed by atoms with E-state index in [0.717, 1.165) is 0 Å².